The zero-order valence-corrected chi connectivity index (χ0v) is 13.0. The normalized spacial score (nSPS) is 19.6. The molecule has 0 radical (unpaired) electrons. The van der Waals surface area contributed by atoms with Gasteiger partial charge in [0.25, 0.3) is 0 Å². The van der Waals surface area contributed by atoms with E-state index in [9.17, 15) is 14.4 Å². The number of rotatable bonds is 2. The molecule has 1 atom stereocenters. The summed E-state index contributed by atoms with van der Waals surface area (Å²) in [5, 5.41) is 2.24. The van der Waals surface area contributed by atoms with Crippen LogP contribution in [0, 0.1) is 18.8 Å². The highest BCUT2D eigenvalue weighted by Gasteiger charge is 2.42. The molecule has 1 unspecified atom stereocenters. The first-order valence-corrected chi connectivity index (χ1v) is 7.06. The summed E-state index contributed by atoms with van der Waals surface area (Å²) in [7, 11) is 0. The summed E-state index contributed by atoms with van der Waals surface area (Å²) < 4.78 is 0.770. The third-order valence-electron chi connectivity index (χ3n) is 3.15. The van der Waals surface area contributed by atoms with Crippen molar-refractivity contribution >= 4 is 39.5 Å². The van der Waals surface area contributed by atoms with E-state index >= 15 is 0 Å². The molecule has 0 spiro atoms. The van der Waals surface area contributed by atoms with E-state index in [4.69, 9.17) is 0 Å². The van der Waals surface area contributed by atoms with Crippen molar-refractivity contribution in [3.8, 4) is 0 Å². The molecule has 1 N–H and O–H groups in total. The van der Waals surface area contributed by atoms with Crippen LogP contribution in [0.4, 0.5) is 10.5 Å². The van der Waals surface area contributed by atoms with Crippen LogP contribution in [0.3, 0.4) is 0 Å². The van der Waals surface area contributed by atoms with Gasteiger partial charge in [0.2, 0.25) is 11.8 Å². The Morgan fingerprint density at radius 1 is 1.20 bits per heavy atom. The Hall–Kier alpha value is -1.69. The summed E-state index contributed by atoms with van der Waals surface area (Å²) in [5.74, 6) is -2.03. The molecule has 0 bridgehead atoms. The Bertz CT molecular complexity index is 578. The number of aryl methyl sites for hydroxylation is 1. The predicted molar refractivity (Wildman–Crippen MR) is 78.2 cm³/mol. The molecule has 5 nitrogen and oxygen atoms in total. The number of carbonyl (C=O) groups excluding carboxylic acids is 3. The molecule has 1 aliphatic heterocycles. The third-order valence-corrected chi connectivity index (χ3v) is 3.61. The van der Waals surface area contributed by atoms with E-state index in [1.807, 2.05) is 13.0 Å². The third kappa shape index (κ3) is 2.60. The maximum absolute atomic E-state index is 12.4. The van der Waals surface area contributed by atoms with Crippen LogP contribution < -0.4 is 10.2 Å². The fourth-order valence-electron chi connectivity index (χ4n) is 2.27. The average Bonchev–Trinajstić information content (AvgIpc) is 2.25. The molecule has 1 fully saturated rings. The second kappa shape index (κ2) is 5.36. The molecule has 1 saturated heterocycles. The number of amides is 4. The standard InChI is InChI=1S/C14H15BrN2O3/c1-7(2)11-12(18)16-14(20)17(13(11)19)10-5-8(3)4-9(15)6-10/h4-7,11H,1-3H3,(H,16,18,20). The SMILES string of the molecule is Cc1cc(Br)cc(N2C(=O)NC(=O)C(C(C)C)C2=O)c1. The summed E-state index contributed by atoms with van der Waals surface area (Å²) in [6.07, 6.45) is 0. The smallest absolute Gasteiger partial charge is 0.277 e. The Labute approximate surface area is 125 Å². The van der Waals surface area contributed by atoms with Crippen LogP contribution in [-0.2, 0) is 9.59 Å². The molecule has 1 aromatic carbocycles. The van der Waals surface area contributed by atoms with Crippen molar-refractivity contribution in [1.29, 1.82) is 0 Å². The second-order valence-corrected chi connectivity index (χ2v) is 6.09. The van der Waals surface area contributed by atoms with Gasteiger partial charge in [-0.3, -0.25) is 14.9 Å². The summed E-state index contributed by atoms with van der Waals surface area (Å²) in [6.45, 7) is 5.43. The molecule has 2 rings (SSSR count). The van der Waals surface area contributed by atoms with Crippen molar-refractivity contribution in [3.63, 3.8) is 0 Å². The lowest BCUT2D eigenvalue weighted by Gasteiger charge is -2.32. The molecule has 1 aliphatic rings. The average molecular weight is 339 g/mol. The minimum absolute atomic E-state index is 0.175. The summed E-state index contributed by atoms with van der Waals surface area (Å²) >= 11 is 3.34. The molecule has 0 aromatic heterocycles. The maximum atomic E-state index is 12.4. The monoisotopic (exact) mass is 338 g/mol. The zero-order chi connectivity index (χ0) is 15.0. The zero-order valence-electron chi connectivity index (χ0n) is 11.4. The van der Waals surface area contributed by atoms with E-state index in [1.54, 1.807) is 26.0 Å². The Kier molecular flexibility index (Phi) is 3.94. The van der Waals surface area contributed by atoms with Gasteiger partial charge < -0.3 is 0 Å². The summed E-state index contributed by atoms with van der Waals surface area (Å²) in [6, 6.07) is 4.59. The van der Waals surface area contributed by atoms with Crippen molar-refractivity contribution in [2.24, 2.45) is 11.8 Å². The van der Waals surface area contributed by atoms with Gasteiger partial charge in [0.1, 0.15) is 5.92 Å². The number of urea groups is 1. The molecule has 6 heteroatoms. The lowest BCUT2D eigenvalue weighted by Crippen LogP contribution is -2.59. The fraction of sp³-hybridized carbons (Fsp3) is 0.357. The van der Waals surface area contributed by atoms with Crippen molar-refractivity contribution in [1.82, 2.24) is 5.32 Å². The number of imide groups is 2. The summed E-state index contributed by atoms with van der Waals surface area (Å²) in [5.41, 5.74) is 1.37. The van der Waals surface area contributed by atoms with Gasteiger partial charge in [-0.05, 0) is 36.6 Å². The van der Waals surface area contributed by atoms with Crippen LogP contribution in [-0.4, -0.2) is 17.8 Å². The number of hydrogen-bond donors (Lipinski definition) is 1. The largest absolute Gasteiger partial charge is 0.335 e. The minimum atomic E-state index is -0.841. The molecular formula is C14H15BrN2O3. The molecule has 1 aromatic rings. The van der Waals surface area contributed by atoms with Gasteiger partial charge in [-0.25, -0.2) is 9.69 Å². The van der Waals surface area contributed by atoms with Gasteiger partial charge in [0, 0.05) is 4.47 Å². The van der Waals surface area contributed by atoms with Crippen LogP contribution in [0.15, 0.2) is 22.7 Å². The minimum Gasteiger partial charge on any atom is -0.277 e. The number of benzene rings is 1. The lowest BCUT2D eigenvalue weighted by molar-refractivity contribution is -0.136. The highest BCUT2D eigenvalue weighted by molar-refractivity contribution is 9.10. The predicted octanol–water partition coefficient (Wildman–Crippen LogP) is 2.61. The molecule has 0 saturated carbocycles. The summed E-state index contributed by atoms with van der Waals surface area (Å²) in [4.78, 5) is 37.2. The number of barbiturate groups is 1. The van der Waals surface area contributed by atoms with Crippen molar-refractivity contribution in [3.05, 3.63) is 28.2 Å². The molecule has 106 valence electrons. The first-order valence-electron chi connectivity index (χ1n) is 6.27. The van der Waals surface area contributed by atoms with Crippen molar-refractivity contribution in [2.75, 3.05) is 4.90 Å². The highest BCUT2D eigenvalue weighted by Crippen LogP contribution is 2.27. The van der Waals surface area contributed by atoms with E-state index in [0.29, 0.717) is 5.69 Å². The molecule has 0 aliphatic carbocycles. The first-order chi connectivity index (χ1) is 9.31. The first kappa shape index (κ1) is 14.7. The number of halogens is 1. The van der Waals surface area contributed by atoms with Gasteiger partial charge in [0.05, 0.1) is 5.69 Å². The molecule has 4 amide bonds. The molecular weight excluding hydrogens is 324 g/mol. The number of carbonyl (C=O) groups is 3. The van der Waals surface area contributed by atoms with E-state index in [2.05, 4.69) is 21.2 Å². The molecule has 1 heterocycles. The maximum Gasteiger partial charge on any atom is 0.335 e. The highest BCUT2D eigenvalue weighted by atomic mass is 79.9. The quantitative estimate of drug-likeness (QED) is 0.843. The second-order valence-electron chi connectivity index (χ2n) is 5.18. The van der Waals surface area contributed by atoms with Gasteiger partial charge in [-0.15, -0.1) is 0 Å². The lowest BCUT2D eigenvalue weighted by atomic mass is 9.92. The fourth-order valence-corrected chi connectivity index (χ4v) is 2.86. The van der Waals surface area contributed by atoms with Crippen LogP contribution in [0.1, 0.15) is 19.4 Å². The number of anilines is 1. The van der Waals surface area contributed by atoms with Crippen LogP contribution >= 0.6 is 15.9 Å². The van der Waals surface area contributed by atoms with Crippen LogP contribution in [0.25, 0.3) is 0 Å². The van der Waals surface area contributed by atoms with Gasteiger partial charge in [-0.2, -0.15) is 0 Å². The van der Waals surface area contributed by atoms with E-state index in [0.717, 1.165) is 14.9 Å². The van der Waals surface area contributed by atoms with Gasteiger partial charge in [0.15, 0.2) is 0 Å². The molecule has 20 heavy (non-hydrogen) atoms. The van der Waals surface area contributed by atoms with E-state index in [-0.39, 0.29) is 5.92 Å². The Morgan fingerprint density at radius 2 is 1.85 bits per heavy atom. The van der Waals surface area contributed by atoms with Crippen molar-refractivity contribution in [2.45, 2.75) is 20.8 Å². The van der Waals surface area contributed by atoms with Crippen LogP contribution in [0.2, 0.25) is 0 Å². The Morgan fingerprint density at radius 3 is 2.40 bits per heavy atom. The number of nitrogens with one attached hydrogen (secondary N) is 1. The van der Waals surface area contributed by atoms with E-state index in [1.165, 1.54) is 0 Å². The van der Waals surface area contributed by atoms with Crippen molar-refractivity contribution < 1.29 is 14.4 Å². The topological polar surface area (TPSA) is 66.5 Å². The van der Waals surface area contributed by atoms with E-state index < -0.39 is 23.8 Å². The van der Waals surface area contributed by atoms with Crippen LogP contribution in [0.5, 0.6) is 0 Å². The Balaban J connectivity index is 2.46. The number of hydrogen-bond acceptors (Lipinski definition) is 3. The number of nitrogens with zero attached hydrogens (tertiary/aromatic N) is 1. The van der Waals surface area contributed by atoms with Gasteiger partial charge >= 0.3 is 6.03 Å². The van der Waals surface area contributed by atoms with Gasteiger partial charge in [-0.1, -0.05) is 29.8 Å².